The van der Waals surface area contributed by atoms with Gasteiger partial charge in [-0.2, -0.15) is 0 Å². The average molecular weight is 263 g/mol. The predicted molar refractivity (Wildman–Crippen MR) is 74.0 cm³/mol. The monoisotopic (exact) mass is 263 g/mol. The average Bonchev–Trinajstić information content (AvgIpc) is 2.82. The lowest BCUT2D eigenvalue weighted by Gasteiger charge is -2.15. The number of H-pyrrole nitrogens is 1. The van der Waals surface area contributed by atoms with E-state index in [0.29, 0.717) is 6.54 Å². The molecule has 2 aromatic heterocycles. The minimum Gasteiger partial charge on any atom is -0.383 e. The topological polar surface area (TPSA) is 97.8 Å². The van der Waals surface area contributed by atoms with Gasteiger partial charge in [-0.3, -0.25) is 24.4 Å². The number of nitrogens with zero attached hydrogens (tertiary/aromatic N) is 2. The molecule has 2 heterocycles. The van der Waals surface area contributed by atoms with Crippen LogP contribution in [0.5, 0.6) is 0 Å². The van der Waals surface area contributed by atoms with Crippen LogP contribution in [0.15, 0.2) is 34.1 Å². The molecule has 4 N–H and O–H groups in total. The molecule has 7 nitrogen and oxygen atoms in total. The number of rotatable bonds is 4. The molecule has 0 aromatic carbocycles. The van der Waals surface area contributed by atoms with Gasteiger partial charge in [0.15, 0.2) is 5.69 Å². The van der Waals surface area contributed by atoms with Crippen molar-refractivity contribution in [2.75, 3.05) is 11.2 Å². The number of aromatic nitrogens is 3. The van der Waals surface area contributed by atoms with Crippen LogP contribution in [0.2, 0.25) is 0 Å². The van der Waals surface area contributed by atoms with Gasteiger partial charge >= 0.3 is 5.69 Å². The molecule has 0 aliphatic rings. The third-order valence-corrected chi connectivity index (χ3v) is 2.63. The minimum atomic E-state index is -0.531. The van der Waals surface area contributed by atoms with Crippen molar-refractivity contribution in [2.45, 2.75) is 20.4 Å². The highest BCUT2D eigenvalue weighted by Crippen LogP contribution is 2.12. The molecule has 2 aromatic rings. The maximum atomic E-state index is 11.8. The fourth-order valence-corrected chi connectivity index (χ4v) is 1.78. The van der Waals surface area contributed by atoms with E-state index in [0.717, 1.165) is 0 Å². The molecule has 0 unspecified atom stereocenters. The number of nitrogens with one attached hydrogen (secondary N) is 2. The quantitative estimate of drug-likeness (QED) is 0.746. The second-order valence-corrected chi connectivity index (χ2v) is 4.73. The van der Waals surface area contributed by atoms with Crippen LogP contribution in [0.25, 0.3) is 0 Å². The van der Waals surface area contributed by atoms with E-state index < -0.39 is 11.2 Å². The first kappa shape index (κ1) is 13.0. The van der Waals surface area contributed by atoms with Crippen LogP contribution >= 0.6 is 0 Å². The Balaban J connectivity index is 2.49. The van der Waals surface area contributed by atoms with Crippen molar-refractivity contribution in [3.8, 4) is 0 Å². The van der Waals surface area contributed by atoms with Crippen LogP contribution in [-0.2, 0) is 6.54 Å². The van der Waals surface area contributed by atoms with Gasteiger partial charge in [0.05, 0.1) is 0 Å². The van der Waals surface area contributed by atoms with Crippen molar-refractivity contribution in [1.82, 2.24) is 14.2 Å². The molecule has 0 aliphatic heterocycles. The first-order chi connectivity index (χ1) is 8.99. The van der Waals surface area contributed by atoms with E-state index in [4.69, 9.17) is 5.73 Å². The Morgan fingerprint density at radius 1 is 1.32 bits per heavy atom. The largest absolute Gasteiger partial charge is 0.383 e. The summed E-state index contributed by atoms with van der Waals surface area (Å²) in [6.45, 7) is 4.38. The van der Waals surface area contributed by atoms with Gasteiger partial charge in [0.1, 0.15) is 5.82 Å². The molecule has 0 bridgehead atoms. The highest BCUT2D eigenvalue weighted by Gasteiger charge is 2.13. The van der Waals surface area contributed by atoms with E-state index in [2.05, 4.69) is 10.4 Å². The third kappa shape index (κ3) is 2.70. The molecule has 7 heteroatoms. The lowest BCUT2D eigenvalue weighted by Crippen LogP contribution is -2.35. The van der Waals surface area contributed by atoms with Crippen LogP contribution < -0.4 is 22.4 Å². The summed E-state index contributed by atoms with van der Waals surface area (Å²) in [6, 6.07) is 3.61. The van der Waals surface area contributed by atoms with Gasteiger partial charge in [-0.25, -0.2) is 4.79 Å². The van der Waals surface area contributed by atoms with Gasteiger partial charge < -0.3 is 5.73 Å². The molecule has 2 rings (SSSR count). The summed E-state index contributed by atoms with van der Waals surface area (Å²) < 4.78 is 2.95. The number of anilines is 2. The van der Waals surface area contributed by atoms with Crippen molar-refractivity contribution in [2.24, 2.45) is 5.92 Å². The molecule has 0 saturated carbocycles. The molecule has 0 aliphatic carbocycles. The molecule has 19 heavy (non-hydrogen) atoms. The third-order valence-electron chi connectivity index (χ3n) is 2.63. The number of hydrogen-bond donors (Lipinski definition) is 3. The number of nitrogens with two attached hydrogens (primary N) is 1. The summed E-state index contributed by atoms with van der Waals surface area (Å²) in [5.41, 5.74) is 7.91. The zero-order valence-electron chi connectivity index (χ0n) is 10.9. The van der Waals surface area contributed by atoms with Crippen molar-refractivity contribution in [3.05, 3.63) is 45.4 Å². The SMILES string of the molecule is CC(C)Cn1c(N)c(Nn2cccc2)c(=O)[nH]c1=O. The van der Waals surface area contributed by atoms with Crippen LogP contribution in [0.3, 0.4) is 0 Å². The Morgan fingerprint density at radius 3 is 2.53 bits per heavy atom. The molecule has 0 atom stereocenters. The molecular formula is C12H17N5O2. The van der Waals surface area contributed by atoms with Gasteiger partial charge in [-0.05, 0) is 18.1 Å². The molecule has 0 amide bonds. The second kappa shape index (κ2) is 5.05. The lowest BCUT2D eigenvalue weighted by atomic mass is 10.2. The first-order valence-corrected chi connectivity index (χ1v) is 6.01. The molecular weight excluding hydrogens is 246 g/mol. The van der Waals surface area contributed by atoms with E-state index in [1.54, 1.807) is 17.1 Å². The van der Waals surface area contributed by atoms with Gasteiger partial charge in [0.25, 0.3) is 5.56 Å². The normalized spacial score (nSPS) is 10.9. The highest BCUT2D eigenvalue weighted by atomic mass is 16.2. The summed E-state index contributed by atoms with van der Waals surface area (Å²) in [5.74, 6) is 0.376. The van der Waals surface area contributed by atoms with Crippen LogP contribution in [0.4, 0.5) is 11.5 Å². The summed E-state index contributed by atoms with van der Waals surface area (Å²) in [6.07, 6.45) is 3.47. The van der Waals surface area contributed by atoms with E-state index in [-0.39, 0.29) is 17.4 Å². The highest BCUT2D eigenvalue weighted by molar-refractivity contribution is 5.60. The van der Waals surface area contributed by atoms with E-state index in [1.165, 1.54) is 4.57 Å². The Morgan fingerprint density at radius 2 is 1.95 bits per heavy atom. The van der Waals surface area contributed by atoms with Crippen LogP contribution in [-0.4, -0.2) is 14.2 Å². The molecule has 0 spiro atoms. The Hall–Kier alpha value is -2.44. The fourth-order valence-electron chi connectivity index (χ4n) is 1.78. The predicted octanol–water partition coefficient (Wildman–Crippen LogP) is 0.451. The van der Waals surface area contributed by atoms with Crippen LogP contribution in [0, 0.1) is 5.92 Å². The lowest BCUT2D eigenvalue weighted by molar-refractivity contribution is 0.508. The van der Waals surface area contributed by atoms with E-state index in [9.17, 15) is 9.59 Å². The molecule has 0 saturated heterocycles. The molecule has 0 fully saturated rings. The smallest absolute Gasteiger partial charge is 0.330 e. The van der Waals surface area contributed by atoms with Crippen molar-refractivity contribution in [1.29, 1.82) is 0 Å². The fraction of sp³-hybridized carbons (Fsp3) is 0.333. The minimum absolute atomic E-state index is 0.135. The summed E-state index contributed by atoms with van der Waals surface area (Å²) in [5, 5.41) is 0. The summed E-state index contributed by atoms with van der Waals surface area (Å²) in [4.78, 5) is 25.8. The number of aromatic amines is 1. The van der Waals surface area contributed by atoms with Gasteiger partial charge in [-0.1, -0.05) is 13.8 Å². The van der Waals surface area contributed by atoms with E-state index in [1.807, 2.05) is 26.0 Å². The molecule has 102 valence electrons. The first-order valence-electron chi connectivity index (χ1n) is 6.01. The zero-order chi connectivity index (χ0) is 14.0. The Bertz CT molecular complexity index is 666. The van der Waals surface area contributed by atoms with Crippen molar-refractivity contribution < 1.29 is 0 Å². The zero-order valence-corrected chi connectivity index (χ0v) is 10.9. The van der Waals surface area contributed by atoms with Crippen molar-refractivity contribution in [3.63, 3.8) is 0 Å². The van der Waals surface area contributed by atoms with Crippen LogP contribution in [0.1, 0.15) is 13.8 Å². The maximum absolute atomic E-state index is 11.8. The van der Waals surface area contributed by atoms with E-state index >= 15 is 0 Å². The Labute approximate surface area is 109 Å². The maximum Gasteiger partial charge on any atom is 0.330 e. The number of hydrogen-bond acceptors (Lipinski definition) is 4. The standard InChI is InChI=1S/C12H17N5O2/c1-8(2)7-17-10(13)9(11(18)14-12(17)19)15-16-5-3-4-6-16/h3-6,8,15H,7,13H2,1-2H3,(H,14,18,19). The van der Waals surface area contributed by atoms with Gasteiger partial charge in [0, 0.05) is 18.9 Å². The van der Waals surface area contributed by atoms with Gasteiger partial charge in [0.2, 0.25) is 0 Å². The summed E-state index contributed by atoms with van der Waals surface area (Å²) >= 11 is 0. The molecule has 0 radical (unpaired) electrons. The van der Waals surface area contributed by atoms with Gasteiger partial charge in [-0.15, -0.1) is 0 Å². The number of nitrogen functional groups attached to an aromatic ring is 1. The van der Waals surface area contributed by atoms with Crippen molar-refractivity contribution >= 4 is 11.5 Å². The Kier molecular flexibility index (Phi) is 3.46. The summed E-state index contributed by atoms with van der Waals surface area (Å²) in [7, 11) is 0. The second-order valence-electron chi connectivity index (χ2n) is 4.73.